The SMILES string of the molecule is COc1ccc(OCC(=O)Nc2ccccc2SCC#N)cc1. The third-order valence-electron chi connectivity index (χ3n) is 2.88. The van der Waals surface area contributed by atoms with Crippen LogP contribution in [0.3, 0.4) is 0 Å². The molecule has 6 heteroatoms. The third kappa shape index (κ3) is 5.24. The van der Waals surface area contributed by atoms with Gasteiger partial charge < -0.3 is 14.8 Å². The molecule has 2 aromatic rings. The van der Waals surface area contributed by atoms with Crippen LogP contribution in [0.1, 0.15) is 0 Å². The van der Waals surface area contributed by atoms with Crippen LogP contribution in [0.5, 0.6) is 11.5 Å². The zero-order chi connectivity index (χ0) is 16.5. The second-order valence-electron chi connectivity index (χ2n) is 4.46. The number of rotatable bonds is 7. The maximum Gasteiger partial charge on any atom is 0.262 e. The Bertz CT molecular complexity index is 696. The number of methoxy groups -OCH3 is 1. The second kappa shape index (κ2) is 8.71. The molecule has 0 fully saturated rings. The molecule has 23 heavy (non-hydrogen) atoms. The number of thioether (sulfide) groups is 1. The molecular formula is C17H16N2O3S. The van der Waals surface area contributed by atoms with Gasteiger partial charge in [-0.1, -0.05) is 12.1 Å². The molecule has 1 amide bonds. The Labute approximate surface area is 139 Å². The van der Waals surface area contributed by atoms with E-state index in [1.54, 1.807) is 37.4 Å². The molecule has 0 atom stereocenters. The molecule has 1 N–H and O–H groups in total. The van der Waals surface area contributed by atoms with E-state index in [4.69, 9.17) is 14.7 Å². The van der Waals surface area contributed by atoms with Gasteiger partial charge in [0.05, 0.1) is 24.6 Å². The lowest BCUT2D eigenvalue weighted by Crippen LogP contribution is -2.20. The summed E-state index contributed by atoms with van der Waals surface area (Å²) >= 11 is 1.38. The van der Waals surface area contributed by atoms with Crippen LogP contribution in [0.25, 0.3) is 0 Å². The average Bonchev–Trinajstić information content (AvgIpc) is 2.59. The molecule has 0 bridgehead atoms. The van der Waals surface area contributed by atoms with Gasteiger partial charge in [0.25, 0.3) is 5.91 Å². The van der Waals surface area contributed by atoms with Crippen LogP contribution in [0.2, 0.25) is 0 Å². The van der Waals surface area contributed by atoms with E-state index in [2.05, 4.69) is 11.4 Å². The molecular weight excluding hydrogens is 312 g/mol. The van der Waals surface area contributed by atoms with Crippen molar-refractivity contribution in [3.63, 3.8) is 0 Å². The van der Waals surface area contributed by atoms with Gasteiger partial charge in [0.2, 0.25) is 0 Å². The van der Waals surface area contributed by atoms with Crippen molar-refractivity contribution in [1.29, 1.82) is 5.26 Å². The smallest absolute Gasteiger partial charge is 0.262 e. The predicted octanol–water partition coefficient (Wildman–Crippen LogP) is 3.33. The Balaban J connectivity index is 1.90. The molecule has 5 nitrogen and oxygen atoms in total. The van der Waals surface area contributed by atoms with Crippen molar-refractivity contribution in [3.05, 3.63) is 48.5 Å². The predicted molar refractivity (Wildman–Crippen MR) is 89.9 cm³/mol. The van der Waals surface area contributed by atoms with Gasteiger partial charge in [0.1, 0.15) is 11.5 Å². The van der Waals surface area contributed by atoms with Crippen molar-refractivity contribution in [2.75, 3.05) is 24.8 Å². The number of nitrogens with zero attached hydrogens (tertiary/aromatic N) is 1. The zero-order valence-corrected chi connectivity index (χ0v) is 13.4. The van der Waals surface area contributed by atoms with Crippen LogP contribution in [-0.4, -0.2) is 25.4 Å². The van der Waals surface area contributed by atoms with E-state index in [0.717, 1.165) is 10.6 Å². The lowest BCUT2D eigenvalue weighted by Gasteiger charge is -2.10. The summed E-state index contributed by atoms with van der Waals surface area (Å²) in [4.78, 5) is 12.9. The van der Waals surface area contributed by atoms with Gasteiger partial charge in [-0.2, -0.15) is 5.26 Å². The van der Waals surface area contributed by atoms with Crippen molar-refractivity contribution in [2.45, 2.75) is 4.90 Å². The summed E-state index contributed by atoms with van der Waals surface area (Å²) in [7, 11) is 1.59. The monoisotopic (exact) mass is 328 g/mol. The van der Waals surface area contributed by atoms with Crippen LogP contribution >= 0.6 is 11.8 Å². The highest BCUT2D eigenvalue weighted by atomic mass is 32.2. The Morgan fingerprint density at radius 2 is 1.87 bits per heavy atom. The van der Waals surface area contributed by atoms with Gasteiger partial charge in [-0.3, -0.25) is 4.79 Å². The maximum atomic E-state index is 12.0. The number of anilines is 1. The van der Waals surface area contributed by atoms with Crippen LogP contribution in [0, 0.1) is 11.3 Å². The summed E-state index contributed by atoms with van der Waals surface area (Å²) in [5, 5.41) is 11.5. The molecule has 0 aromatic heterocycles. The van der Waals surface area contributed by atoms with Crippen LogP contribution in [0.15, 0.2) is 53.4 Å². The van der Waals surface area contributed by atoms with E-state index >= 15 is 0 Å². The van der Waals surface area contributed by atoms with Gasteiger partial charge in [-0.15, -0.1) is 11.8 Å². The number of nitriles is 1. The molecule has 0 radical (unpaired) electrons. The van der Waals surface area contributed by atoms with Crippen molar-refractivity contribution < 1.29 is 14.3 Å². The van der Waals surface area contributed by atoms with Gasteiger partial charge >= 0.3 is 0 Å². The summed E-state index contributed by atoms with van der Waals surface area (Å²) in [6, 6.07) is 16.4. The van der Waals surface area contributed by atoms with Gasteiger partial charge in [0.15, 0.2) is 6.61 Å². The fourth-order valence-corrected chi connectivity index (χ4v) is 2.48. The number of ether oxygens (including phenoxy) is 2. The summed E-state index contributed by atoms with van der Waals surface area (Å²) in [6.45, 7) is -0.0937. The molecule has 0 aliphatic rings. The fraction of sp³-hybridized carbons (Fsp3) is 0.176. The van der Waals surface area contributed by atoms with Gasteiger partial charge in [-0.25, -0.2) is 0 Å². The van der Waals surface area contributed by atoms with Crippen LogP contribution < -0.4 is 14.8 Å². The number of hydrogen-bond donors (Lipinski definition) is 1. The van der Waals surface area contributed by atoms with E-state index < -0.39 is 0 Å². The van der Waals surface area contributed by atoms with E-state index in [1.165, 1.54) is 11.8 Å². The summed E-state index contributed by atoms with van der Waals surface area (Å²) in [5.41, 5.74) is 0.677. The Morgan fingerprint density at radius 3 is 2.57 bits per heavy atom. The molecule has 0 saturated carbocycles. The molecule has 0 spiro atoms. The second-order valence-corrected chi connectivity index (χ2v) is 5.47. The number of benzene rings is 2. The summed E-state index contributed by atoms with van der Waals surface area (Å²) in [5.74, 6) is 1.39. The van der Waals surface area contributed by atoms with E-state index in [1.807, 2.05) is 18.2 Å². The minimum atomic E-state index is -0.258. The number of para-hydroxylation sites is 1. The lowest BCUT2D eigenvalue weighted by molar-refractivity contribution is -0.118. The fourth-order valence-electron chi connectivity index (χ4n) is 1.81. The number of nitrogens with one attached hydrogen (secondary N) is 1. The van der Waals surface area contributed by atoms with Crippen molar-refractivity contribution in [3.8, 4) is 17.6 Å². The molecule has 0 saturated heterocycles. The number of hydrogen-bond acceptors (Lipinski definition) is 5. The first-order valence-corrected chi connectivity index (χ1v) is 7.87. The lowest BCUT2D eigenvalue weighted by atomic mass is 10.3. The highest BCUT2D eigenvalue weighted by Gasteiger charge is 2.08. The first-order valence-electron chi connectivity index (χ1n) is 6.88. The minimum Gasteiger partial charge on any atom is -0.497 e. The molecule has 2 aromatic carbocycles. The van der Waals surface area contributed by atoms with Crippen molar-refractivity contribution in [1.82, 2.24) is 0 Å². The standard InChI is InChI=1S/C17H16N2O3S/c1-21-13-6-8-14(9-7-13)22-12-17(20)19-15-4-2-3-5-16(15)23-11-10-18/h2-9H,11-12H2,1H3,(H,19,20). The third-order valence-corrected chi connectivity index (χ3v) is 3.82. The van der Waals surface area contributed by atoms with Crippen molar-refractivity contribution >= 4 is 23.4 Å². The molecule has 0 aliphatic carbocycles. The highest BCUT2D eigenvalue weighted by Crippen LogP contribution is 2.26. The Kier molecular flexibility index (Phi) is 6.33. The first-order chi connectivity index (χ1) is 11.2. The summed E-state index contributed by atoms with van der Waals surface area (Å²) < 4.78 is 10.5. The summed E-state index contributed by atoms with van der Waals surface area (Å²) in [6.07, 6.45) is 0. The Hall–Kier alpha value is -2.65. The molecule has 118 valence electrons. The molecule has 0 unspecified atom stereocenters. The maximum absolute atomic E-state index is 12.0. The number of carbonyl (C=O) groups is 1. The number of carbonyl (C=O) groups excluding carboxylic acids is 1. The van der Waals surface area contributed by atoms with Gasteiger partial charge in [0, 0.05) is 4.90 Å². The number of amides is 1. The zero-order valence-electron chi connectivity index (χ0n) is 12.6. The average molecular weight is 328 g/mol. The van der Waals surface area contributed by atoms with Crippen LogP contribution in [0.4, 0.5) is 5.69 Å². The first kappa shape index (κ1) is 16.7. The molecule has 0 aliphatic heterocycles. The van der Waals surface area contributed by atoms with E-state index in [-0.39, 0.29) is 12.5 Å². The topological polar surface area (TPSA) is 71.3 Å². The quantitative estimate of drug-likeness (QED) is 0.789. The molecule has 2 rings (SSSR count). The highest BCUT2D eigenvalue weighted by molar-refractivity contribution is 7.99. The van der Waals surface area contributed by atoms with E-state index in [0.29, 0.717) is 17.2 Å². The van der Waals surface area contributed by atoms with Crippen molar-refractivity contribution in [2.24, 2.45) is 0 Å². The van der Waals surface area contributed by atoms with Gasteiger partial charge in [-0.05, 0) is 36.4 Å². The van der Waals surface area contributed by atoms with Crippen LogP contribution in [-0.2, 0) is 4.79 Å². The Morgan fingerprint density at radius 1 is 1.17 bits per heavy atom. The van der Waals surface area contributed by atoms with E-state index in [9.17, 15) is 4.79 Å². The molecule has 0 heterocycles. The normalized spacial score (nSPS) is 9.74. The minimum absolute atomic E-state index is 0.0937. The largest absolute Gasteiger partial charge is 0.497 e.